The van der Waals surface area contributed by atoms with E-state index in [4.69, 9.17) is 9.57 Å². The number of benzene rings is 3. The molecule has 2 heterocycles. The number of sulfonamides is 1. The summed E-state index contributed by atoms with van der Waals surface area (Å²) in [4.78, 5) is 5.71. The van der Waals surface area contributed by atoms with E-state index >= 15 is 0 Å². The van der Waals surface area contributed by atoms with Crippen LogP contribution in [0, 0.1) is 0 Å². The highest BCUT2D eigenvalue weighted by Gasteiger charge is 2.46. The fourth-order valence-corrected chi connectivity index (χ4v) is 6.59. The van der Waals surface area contributed by atoms with Gasteiger partial charge in [-0.05, 0) is 40.8 Å². The molecule has 2 atom stereocenters. The van der Waals surface area contributed by atoms with Gasteiger partial charge in [0.1, 0.15) is 17.6 Å². The molecule has 33 heavy (non-hydrogen) atoms. The lowest BCUT2D eigenvalue weighted by atomic mass is 10.0. The van der Waals surface area contributed by atoms with E-state index in [1.54, 1.807) is 16.4 Å². The third kappa shape index (κ3) is 4.54. The predicted molar refractivity (Wildman–Crippen MR) is 127 cm³/mol. The van der Waals surface area contributed by atoms with Crippen LogP contribution in [-0.4, -0.2) is 43.2 Å². The van der Waals surface area contributed by atoms with Crippen molar-refractivity contribution in [3.05, 3.63) is 101 Å². The smallest absolute Gasteiger partial charge is 0.221 e. The molecule has 0 radical (unpaired) electrons. The fourth-order valence-electron chi connectivity index (χ4n) is 4.65. The molecule has 172 valence electrons. The molecule has 0 N–H and O–H groups in total. The molecule has 0 aliphatic carbocycles. The summed E-state index contributed by atoms with van der Waals surface area (Å²) >= 11 is 0. The quantitative estimate of drug-likeness (QED) is 0.553. The molecular formula is C26H28N2O4S. The highest BCUT2D eigenvalue weighted by molar-refractivity contribution is 7.89. The first kappa shape index (κ1) is 22.1. The average Bonchev–Trinajstić information content (AvgIpc) is 3.25. The Morgan fingerprint density at radius 2 is 1.64 bits per heavy atom. The summed E-state index contributed by atoms with van der Waals surface area (Å²) in [7, 11) is -1.76. The SMILES string of the molecule is CN1OC[C@H](S(=O)(=O)N2CCc3ccccc3C2)[C@H]1c1ccc(OCc2ccccc2)cc1. The van der Waals surface area contributed by atoms with E-state index in [0.29, 0.717) is 19.7 Å². The maximum absolute atomic E-state index is 13.6. The maximum atomic E-state index is 13.6. The van der Waals surface area contributed by atoms with E-state index in [1.165, 1.54) is 5.56 Å². The van der Waals surface area contributed by atoms with Crippen molar-refractivity contribution in [3.8, 4) is 5.75 Å². The first-order valence-electron chi connectivity index (χ1n) is 11.2. The van der Waals surface area contributed by atoms with Crippen LogP contribution in [0.4, 0.5) is 0 Å². The molecule has 7 heteroatoms. The van der Waals surface area contributed by atoms with Crippen LogP contribution in [0.1, 0.15) is 28.3 Å². The van der Waals surface area contributed by atoms with Gasteiger partial charge >= 0.3 is 0 Å². The van der Waals surface area contributed by atoms with Gasteiger partial charge in [-0.1, -0.05) is 66.7 Å². The highest BCUT2D eigenvalue weighted by atomic mass is 32.2. The van der Waals surface area contributed by atoms with E-state index in [-0.39, 0.29) is 12.6 Å². The zero-order valence-electron chi connectivity index (χ0n) is 18.6. The number of rotatable bonds is 6. The Balaban J connectivity index is 1.32. The summed E-state index contributed by atoms with van der Waals surface area (Å²) in [6, 6.07) is 25.3. The normalized spacial score (nSPS) is 21.6. The number of fused-ring (bicyclic) bond motifs is 1. The fraction of sp³-hybridized carbons (Fsp3) is 0.308. The van der Waals surface area contributed by atoms with Crippen molar-refractivity contribution in [1.82, 2.24) is 9.37 Å². The summed E-state index contributed by atoms with van der Waals surface area (Å²) in [5, 5.41) is 1.00. The molecule has 5 rings (SSSR count). The van der Waals surface area contributed by atoms with E-state index < -0.39 is 15.3 Å². The van der Waals surface area contributed by atoms with Gasteiger partial charge in [0.25, 0.3) is 0 Å². The van der Waals surface area contributed by atoms with Crippen LogP contribution in [0.3, 0.4) is 0 Å². The number of nitrogens with zero attached hydrogens (tertiary/aromatic N) is 2. The van der Waals surface area contributed by atoms with Crippen molar-refractivity contribution in [3.63, 3.8) is 0 Å². The standard InChI is InChI=1S/C26H28N2O4S/c1-27-26(22-11-13-24(14-12-22)31-18-20-7-3-2-4-8-20)25(19-32-27)33(29,30)28-16-15-21-9-5-6-10-23(21)17-28/h2-14,25-26H,15-19H2,1H3/t25-,26+/m0/s1. The van der Waals surface area contributed by atoms with Gasteiger partial charge in [-0.15, -0.1) is 0 Å². The molecule has 0 bridgehead atoms. The van der Waals surface area contributed by atoms with Gasteiger partial charge in [-0.2, -0.15) is 9.37 Å². The zero-order chi connectivity index (χ0) is 22.8. The van der Waals surface area contributed by atoms with Gasteiger partial charge < -0.3 is 4.74 Å². The van der Waals surface area contributed by atoms with Crippen LogP contribution in [-0.2, 0) is 34.4 Å². The third-order valence-corrected chi connectivity index (χ3v) is 8.68. The maximum Gasteiger partial charge on any atom is 0.221 e. The van der Waals surface area contributed by atoms with Crippen LogP contribution < -0.4 is 4.74 Å². The van der Waals surface area contributed by atoms with E-state index in [0.717, 1.165) is 28.9 Å². The monoisotopic (exact) mass is 464 g/mol. The minimum atomic E-state index is -3.56. The second-order valence-electron chi connectivity index (χ2n) is 8.57. The van der Waals surface area contributed by atoms with Gasteiger partial charge in [0, 0.05) is 20.1 Å². The molecule has 2 aliphatic heterocycles. The summed E-state index contributed by atoms with van der Waals surface area (Å²) < 4.78 is 34.8. The molecule has 0 unspecified atom stereocenters. The number of hydroxylamine groups is 2. The first-order valence-corrected chi connectivity index (χ1v) is 12.7. The van der Waals surface area contributed by atoms with Gasteiger partial charge in [0.05, 0.1) is 12.6 Å². The van der Waals surface area contributed by atoms with Crippen molar-refractivity contribution in [1.29, 1.82) is 0 Å². The average molecular weight is 465 g/mol. The van der Waals surface area contributed by atoms with Crippen molar-refractivity contribution in [2.24, 2.45) is 0 Å². The van der Waals surface area contributed by atoms with E-state index in [1.807, 2.05) is 72.8 Å². The van der Waals surface area contributed by atoms with Gasteiger partial charge in [-0.25, -0.2) is 8.42 Å². The Bertz CT molecular complexity index is 1200. The minimum absolute atomic E-state index is 0.147. The highest BCUT2D eigenvalue weighted by Crippen LogP contribution is 2.37. The Morgan fingerprint density at radius 3 is 2.39 bits per heavy atom. The second-order valence-corrected chi connectivity index (χ2v) is 10.7. The molecule has 0 saturated carbocycles. The number of hydrogen-bond donors (Lipinski definition) is 0. The molecule has 0 aromatic heterocycles. The topological polar surface area (TPSA) is 59.1 Å². The van der Waals surface area contributed by atoms with Gasteiger partial charge in [-0.3, -0.25) is 4.84 Å². The summed E-state index contributed by atoms with van der Waals surface area (Å²) in [6.07, 6.45) is 0.733. The third-order valence-electron chi connectivity index (χ3n) is 6.49. The number of ether oxygens (including phenoxy) is 1. The molecule has 2 aliphatic rings. The Labute approximate surface area is 195 Å². The number of hydrogen-bond acceptors (Lipinski definition) is 5. The lowest BCUT2D eigenvalue weighted by Crippen LogP contribution is -2.44. The lowest BCUT2D eigenvalue weighted by Gasteiger charge is -2.32. The van der Waals surface area contributed by atoms with Crippen molar-refractivity contribution in [2.45, 2.75) is 30.9 Å². The zero-order valence-corrected chi connectivity index (χ0v) is 19.4. The Morgan fingerprint density at radius 1 is 0.939 bits per heavy atom. The van der Waals surface area contributed by atoms with Crippen molar-refractivity contribution in [2.75, 3.05) is 20.2 Å². The van der Waals surface area contributed by atoms with Gasteiger partial charge in [0.2, 0.25) is 10.0 Å². The van der Waals surface area contributed by atoms with Crippen LogP contribution in [0.25, 0.3) is 0 Å². The molecule has 6 nitrogen and oxygen atoms in total. The Hall–Kier alpha value is -2.71. The van der Waals surface area contributed by atoms with Crippen LogP contribution in [0.5, 0.6) is 5.75 Å². The first-order chi connectivity index (χ1) is 16.0. The summed E-state index contributed by atoms with van der Waals surface area (Å²) in [5.74, 6) is 0.746. The molecule has 0 spiro atoms. The predicted octanol–water partition coefficient (Wildman–Crippen LogP) is 3.94. The van der Waals surface area contributed by atoms with Crippen LogP contribution in [0.15, 0.2) is 78.9 Å². The Kier molecular flexibility index (Phi) is 6.21. The minimum Gasteiger partial charge on any atom is -0.489 e. The van der Waals surface area contributed by atoms with E-state index in [9.17, 15) is 8.42 Å². The lowest BCUT2D eigenvalue weighted by molar-refractivity contribution is -0.110. The molecule has 3 aromatic carbocycles. The molecule has 1 saturated heterocycles. The molecular weight excluding hydrogens is 436 g/mol. The summed E-state index contributed by atoms with van der Waals surface area (Å²) in [5.41, 5.74) is 4.30. The van der Waals surface area contributed by atoms with E-state index in [2.05, 4.69) is 6.07 Å². The summed E-state index contributed by atoms with van der Waals surface area (Å²) in [6.45, 7) is 1.55. The molecule has 1 fully saturated rings. The van der Waals surface area contributed by atoms with Crippen molar-refractivity contribution >= 4 is 10.0 Å². The van der Waals surface area contributed by atoms with Crippen molar-refractivity contribution < 1.29 is 18.0 Å². The largest absolute Gasteiger partial charge is 0.489 e. The van der Waals surface area contributed by atoms with Crippen LogP contribution in [0.2, 0.25) is 0 Å². The van der Waals surface area contributed by atoms with Gasteiger partial charge in [0.15, 0.2) is 0 Å². The molecule has 0 amide bonds. The molecule has 3 aromatic rings. The van der Waals surface area contributed by atoms with Crippen LogP contribution >= 0.6 is 0 Å². The second kappa shape index (κ2) is 9.27.